The normalized spacial score (nSPS) is 21.6. The molecule has 0 aliphatic heterocycles. The number of ketones is 2. The lowest BCUT2D eigenvalue weighted by Gasteiger charge is -2.09. The van der Waals surface area contributed by atoms with Gasteiger partial charge in [0.1, 0.15) is 11.6 Å². The van der Waals surface area contributed by atoms with Gasteiger partial charge in [-0.05, 0) is 32.8 Å². The highest BCUT2D eigenvalue weighted by molar-refractivity contribution is 6.09. The van der Waals surface area contributed by atoms with Gasteiger partial charge >= 0.3 is 0 Å². The molecule has 0 heterocycles. The molecule has 16 heavy (non-hydrogen) atoms. The van der Waals surface area contributed by atoms with Crippen LogP contribution in [0.3, 0.4) is 0 Å². The van der Waals surface area contributed by atoms with Crippen LogP contribution in [0.2, 0.25) is 0 Å². The molecule has 2 nitrogen and oxygen atoms in total. The monoisotopic (exact) mass is 216 g/mol. The van der Waals surface area contributed by atoms with Crippen molar-refractivity contribution in [3.05, 3.63) is 35.4 Å². The molecule has 1 aliphatic rings. The first-order chi connectivity index (χ1) is 7.48. The van der Waals surface area contributed by atoms with Crippen molar-refractivity contribution in [2.45, 2.75) is 33.1 Å². The Hall–Kier alpha value is -1.44. The molecular formula is C14H16O2. The average Bonchev–Trinajstić information content (AvgIpc) is 2.95. The fourth-order valence-corrected chi connectivity index (χ4v) is 2.49. The topological polar surface area (TPSA) is 34.1 Å². The summed E-state index contributed by atoms with van der Waals surface area (Å²) in [7, 11) is 0. The second-order valence-corrected chi connectivity index (χ2v) is 4.75. The molecule has 2 heteroatoms. The predicted molar refractivity (Wildman–Crippen MR) is 62.3 cm³/mol. The smallest absolute Gasteiger partial charge is 0.143 e. The first-order valence-electron chi connectivity index (χ1n) is 5.57. The van der Waals surface area contributed by atoms with Crippen molar-refractivity contribution < 1.29 is 9.59 Å². The minimum atomic E-state index is -0.713. The first-order valence-corrected chi connectivity index (χ1v) is 5.57. The third kappa shape index (κ3) is 1.49. The van der Waals surface area contributed by atoms with Crippen LogP contribution >= 0.6 is 0 Å². The second-order valence-electron chi connectivity index (χ2n) is 4.75. The van der Waals surface area contributed by atoms with Crippen LogP contribution in [-0.4, -0.2) is 11.6 Å². The largest absolute Gasteiger partial charge is 0.299 e. The van der Waals surface area contributed by atoms with E-state index in [1.165, 1.54) is 19.4 Å². The molecule has 1 atom stereocenters. The summed E-state index contributed by atoms with van der Waals surface area (Å²) in [6, 6.07) is 8.10. The maximum absolute atomic E-state index is 11.6. The molecule has 2 rings (SSSR count). The third-order valence-corrected chi connectivity index (χ3v) is 3.70. The fourth-order valence-electron chi connectivity index (χ4n) is 2.49. The number of Topliss-reactive ketones (excluding diaryl/α,β-unsaturated/α-hetero) is 2. The predicted octanol–water partition coefficient (Wildman–Crippen LogP) is 2.65. The number of hydrogen-bond donors (Lipinski definition) is 0. The maximum atomic E-state index is 11.6. The summed E-state index contributed by atoms with van der Waals surface area (Å²) in [5.41, 5.74) is 1.59. The highest BCUT2D eigenvalue weighted by atomic mass is 16.2. The van der Waals surface area contributed by atoms with E-state index in [-0.39, 0.29) is 17.5 Å². The van der Waals surface area contributed by atoms with E-state index in [1.54, 1.807) is 0 Å². The maximum Gasteiger partial charge on any atom is 0.143 e. The lowest BCUT2D eigenvalue weighted by Crippen LogP contribution is -2.23. The molecule has 1 aromatic carbocycles. The standard InChI is InChI=1S/C14H16O2/c1-9-4-6-12(7-5-9)13-8-14(13,10(2)15)11(3)16/h4-7,13H,8H2,1-3H3. The fraction of sp³-hybridized carbons (Fsp3) is 0.429. The summed E-state index contributed by atoms with van der Waals surface area (Å²) in [5.74, 6) is 0.110. The Kier molecular flexibility index (Phi) is 2.45. The molecule has 1 aliphatic carbocycles. The molecule has 0 saturated heterocycles. The van der Waals surface area contributed by atoms with Crippen LogP contribution in [0.5, 0.6) is 0 Å². The summed E-state index contributed by atoms with van der Waals surface area (Å²) < 4.78 is 0. The zero-order valence-electron chi connectivity index (χ0n) is 9.91. The van der Waals surface area contributed by atoms with Crippen LogP contribution in [0.25, 0.3) is 0 Å². The molecule has 0 aromatic heterocycles. The first kappa shape index (κ1) is 11.1. The molecule has 0 radical (unpaired) electrons. The summed E-state index contributed by atoms with van der Waals surface area (Å²) in [6.07, 6.45) is 0.681. The van der Waals surface area contributed by atoms with Crippen molar-refractivity contribution in [1.82, 2.24) is 0 Å². The van der Waals surface area contributed by atoms with Crippen LogP contribution in [-0.2, 0) is 9.59 Å². The lowest BCUT2D eigenvalue weighted by atomic mass is 9.91. The zero-order chi connectivity index (χ0) is 11.9. The van der Waals surface area contributed by atoms with Crippen LogP contribution in [0, 0.1) is 12.3 Å². The molecule has 1 fully saturated rings. The van der Waals surface area contributed by atoms with E-state index in [4.69, 9.17) is 0 Å². The van der Waals surface area contributed by atoms with Gasteiger partial charge in [0.2, 0.25) is 0 Å². The number of carbonyl (C=O) groups is 2. The van der Waals surface area contributed by atoms with E-state index in [1.807, 2.05) is 31.2 Å². The Morgan fingerprint density at radius 2 is 1.62 bits per heavy atom. The zero-order valence-corrected chi connectivity index (χ0v) is 9.91. The van der Waals surface area contributed by atoms with E-state index in [2.05, 4.69) is 0 Å². The number of carbonyl (C=O) groups excluding carboxylic acids is 2. The molecule has 0 bridgehead atoms. The van der Waals surface area contributed by atoms with Gasteiger partial charge in [0.15, 0.2) is 0 Å². The molecule has 1 aromatic rings. The van der Waals surface area contributed by atoms with Crippen LogP contribution < -0.4 is 0 Å². The summed E-state index contributed by atoms with van der Waals surface area (Å²) in [4.78, 5) is 23.2. The Bertz CT molecular complexity index is 428. The molecule has 1 saturated carbocycles. The van der Waals surface area contributed by atoms with Gasteiger partial charge in [-0.3, -0.25) is 9.59 Å². The minimum Gasteiger partial charge on any atom is -0.299 e. The van der Waals surface area contributed by atoms with E-state index < -0.39 is 5.41 Å². The van der Waals surface area contributed by atoms with Crippen molar-refractivity contribution in [1.29, 1.82) is 0 Å². The summed E-state index contributed by atoms with van der Waals surface area (Å²) in [5, 5.41) is 0. The van der Waals surface area contributed by atoms with E-state index in [9.17, 15) is 9.59 Å². The van der Waals surface area contributed by atoms with Gasteiger partial charge in [0.25, 0.3) is 0 Å². The van der Waals surface area contributed by atoms with Gasteiger partial charge in [-0.15, -0.1) is 0 Å². The molecule has 0 N–H and O–H groups in total. The van der Waals surface area contributed by atoms with Gasteiger partial charge < -0.3 is 0 Å². The third-order valence-electron chi connectivity index (χ3n) is 3.70. The quantitative estimate of drug-likeness (QED) is 0.728. The van der Waals surface area contributed by atoms with Gasteiger partial charge in [-0.2, -0.15) is 0 Å². The number of hydrogen-bond acceptors (Lipinski definition) is 2. The van der Waals surface area contributed by atoms with Crippen LogP contribution in [0.4, 0.5) is 0 Å². The highest BCUT2D eigenvalue weighted by Gasteiger charge is 2.61. The summed E-state index contributed by atoms with van der Waals surface area (Å²) in [6.45, 7) is 5.07. The van der Waals surface area contributed by atoms with Gasteiger partial charge in [0, 0.05) is 5.92 Å². The van der Waals surface area contributed by atoms with Gasteiger partial charge in [-0.1, -0.05) is 29.8 Å². The number of aryl methyl sites for hydroxylation is 1. The van der Waals surface area contributed by atoms with Gasteiger partial charge in [-0.25, -0.2) is 0 Å². The van der Waals surface area contributed by atoms with E-state index in [0.29, 0.717) is 6.42 Å². The average molecular weight is 216 g/mol. The summed E-state index contributed by atoms with van der Waals surface area (Å²) >= 11 is 0. The Balaban J connectivity index is 2.30. The number of benzene rings is 1. The molecular weight excluding hydrogens is 200 g/mol. The van der Waals surface area contributed by atoms with Crippen molar-refractivity contribution >= 4 is 11.6 Å². The van der Waals surface area contributed by atoms with E-state index in [0.717, 1.165) is 5.56 Å². The number of rotatable bonds is 3. The van der Waals surface area contributed by atoms with Crippen molar-refractivity contribution in [2.24, 2.45) is 5.41 Å². The van der Waals surface area contributed by atoms with Crippen molar-refractivity contribution in [3.63, 3.8) is 0 Å². The molecule has 84 valence electrons. The molecule has 0 spiro atoms. The van der Waals surface area contributed by atoms with Crippen LogP contribution in [0.1, 0.15) is 37.3 Å². The Morgan fingerprint density at radius 3 is 2.00 bits per heavy atom. The van der Waals surface area contributed by atoms with Gasteiger partial charge in [0.05, 0.1) is 5.41 Å². The molecule has 1 unspecified atom stereocenters. The van der Waals surface area contributed by atoms with Crippen molar-refractivity contribution in [3.8, 4) is 0 Å². The van der Waals surface area contributed by atoms with Crippen molar-refractivity contribution in [2.75, 3.05) is 0 Å². The lowest BCUT2D eigenvalue weighted by molar-refractivity contribution is -0.132. The Labute approximate surface area is 95.7 Å². The highest BCUT2D eigenvalue weighted by Crippen LogP contribution is 2.60. The Morgan fingerprint density at radius 1 is 1.12 bits per heavy atom. The minimum absolute atomic E-state index is 0.00516. The van der Waals surface area contributed by atoms with E-state index >= 15 is 0 Å². The van der Waals surface area contributed by atoms with Crippen LogP contribution in [0.15, 0.2) is 24.3 Å². The molecule has 0 amide bonds. The second kappa shape index (κ2) is 3.55. The SMILES string of the molecule is CC(=O)C1(C(C)=O)CC1c1ccc(C)cc1.